The van der Waals surface area contributed by atoms with Gasteiger partial charge in [0.15, 0.2) is 0 Å². The first kappa shape index (κ1) is 12.9. The van der Waals surface area contributed by atoms with Gasteiger partial charge in [-0.2, -0.15) is 0 Å². The summed E-state index contributed by atoms with van der Waals surface area (Å²) in [4.78, 5) is 0. The highest BCUT2D eigenvalue weighted by atomic mass is 14.6. The molecular weight excluding hydrogens is 160 g/mol. The van der Waals surface area contributed by atoms with E-state index in [2.05, 4.69) is 27.7 Å². The monoisotopic (exact) mass is 186 g/mol. The van der Waals surface area contributed by atoms with E-state index in [-0.39, 0.29) is 0 Å². The Kier molecular flexibility index (Phi) is 6.35. The summed E-state index contributed by atoms with van der Waals surface area (Å²) in [5.74, 6) is 1.37. The van der Waals surface area contributed by atoms with Crippen molar-refractivity contribution in [2.75, 3.05) is 0 Å². The molecular formula is C11H26N2. The average Bonchev–Trinajstić information content (AvgIpc) is 1.80. The van der Waals surface area contributed by atoms with Crippen molar-refractivity contribution in [3.05, 3.63) is 0 Å². The van der Waals surface area contributed by atoms with Gasteiger partial charge >= 0.3 is 0 Å². The van der Waals surface area contributed by atoms with E-state index in [9.17, 15) is 0 Å². The Balaban J connectivity index is 3.58. The van der Waals surface area contributed by atoms with E-state index >= 15 is 0 Å². The van der Waals surface area contributed by atoms with Crippen LogP contribution in [0.4, 0.5) is 0 Å². The summed E-state index contributed by atoms with van der Waals surface area (Å²) in [6.45, 7) is 8.74. The van der Waals surface area contributed by atoms with E-state index < -0.39 is 0 Å². The second-order valence-electron chi connectivity index (χ2n) is 4.94. The molecule has 0 amide bonds. The van der Waals surface area contributed by atoms with Gasteiger partial charge in [0, 0.05) is 12.1 Å². The van der Waals surface area contributed by atoms with Crippen molar-refractivity contribution < 1.29 is 0 Å². The van der Waals surface area contributed by atoms with Crippen LogP contribution in [0.2, 0.25) is 0 Å². The minimum atomic E-state index is 0.307. The maximum Gasteiger partial charge on any atom is 0.00438 e. The summed E-state index contributed by atoms with van der Waals surface area (Å²) in [5.41, 5.74) is 11.7. The van der Waals surface area contributed by atoms with Crippen molar-refractivity contribution in [3.63, 3.8) is 0 Å². The summed E-state index contributed by atoms with van der Waals surface area (Å²) >= 11 is 0. The molecule has 0 heterocycles. The van der Waals surface area contributed by atoms with Crippen molar-refractivity contribution in [1.82, 2.24) is 0 Å². The van der Waals surface area contributed by atoms with Crippen molar-refractivity contribution in [1.29, 1.82) is 0 Å². The molecule has 0 aliphatic carbocycles. The molecule has 3 atom stereocenters. The Morgan fingerprint density at radius 2 is 1.38 bits per heavy atom. The molecule has 0 radical (unpaired) electrons. The van der Waals surface area contributed by atoms with Crippen molar-refractivity contribution in [2.24, 2.45) is 23.3 Å². The Morgan fingerprint density at radius 3 is 1.77 bits per heavy atom. The molecule has 0 saturated heterocycles. The van der Waals surface area contributed by atoms with E-state index in [0.29, 0.717) is 23.9 Å². The van der Waals surface area contributed by atoms with Crippen LogP contribution in [0.25, 0.3) is 0 Å². The van der Waals surface area contributed by atoms with Crippen LogP contribution in [0, 0.1) is 11.8 Å². The first-order valence-corrected chi connectivity index (χ1v) is 5.43. The summed E-state index contributed by atoms with van der Waals surface area (Å²) in [5, 5.41) is 0. The maximum atomic E-state index is 6.01. The van der Waals surface area contributed by atoms with Crippen LogP contribution in [-0.2, 0) is 0 Å². The third-order valence-electron chi connectivity index (χ3n) is 2.25. The number of hydrogen-bond acceptors (Lipinski definition) is 2. The molecule has 4 N–H and O–H groups in total. The molecule has 0 spiro atoms. The van der Waals surface area contributed by atoms with Gasteiger partial charge in [-0.25, -0.2) is 0 Å². The third-order valence-corrected chi connectivity index (χ3v) is 2.25. The van der Waals surface area contributed by atoms with Gasteiger partial charge in [0.1, 0.15) is 0 Å². The van der Waals surface area contributed by atoms with E-state index in [1.807, 2.05) is 0 Å². The number of nitrogens with two attached hydrogens (primary N) is 2. The minimum Gasteiger partial charge on any atom is -0.328 e. The molecule has 0 bridgehead atoms. The molecule has 80 valence electrons. The minimum absolute atomic E-state index is 0.307. The topological polar surface area (TPSA) is 52.0 Å². The fourth-order valence-corrected chi connectivity index (χ4v) is 1.95. The van der Waals surface area contributed by atoms with E-state index in [0.717, 1.165) is 19.3 Å². The normalized spacial score (nSPS) is 18.7. The van der Waals surface area contributed by atoms with Crippen LogP contribution < -0.4 is 11.5 Å². The van der Waals surface area contributed by atoms with E-state index in [1.54, 1.807) is 0 Å². The van der Waals surface area contributed by atoms with Crippen LogP contribution in [0.3, 0.4) is 0 Å². The Morgan fingerprint density at radius 1 is 0.846 bits per heavy atom. The molecule has 13 heavy (non-hydrogen) atoms. The largest absolute Gasteiger partial charge is 0.328 e. The van der Waals surface area contributed by atoms with Crippen LogP contribution >= 0.6 is 0 Å². The van der Waals surface area contributed by atoms with Crippen LogP contribution in [-0.4, -0.2) is 12.1 Å². The van der Waals surface area contributed by atoms with Crippen molar-refractivity contribution >= 4 is 0 Å². The lowest BCUT2D eigenvalue weighted by Crippen LogP contribution is -2.27. The standard InChI is InChI=1S/C11H26N2/c1-8(2)5-11(13)7-9(3)6-10(4)12/h8-11H,5-7,12-13H2,1-4H3/t9?,10?,11-/m1/s1. The lowest BCUT2D eigenvalue weighted by atomic mass is 9.92. The summed E-state index contributed by atoms with van der Waals surface area (Å²) in [6.07, 6.45) is 3.33. The quantitative estimate of drug-likeness (QED) is 0.667. The van der Waals surface area contributed by atoms with Gasteiger partial charge in [-0.05, 0) is 38.0 Å². The lowest BCUT2D eigenvalue weighted by Gasteiger charge is -2.20. The number of rotatable bonds is 6. The molecule has 0 aromatic rings. The van der Waals surface area contributed by atoms with Crippen molar-refractivity contribution in [2.45, 2.75) is 59.0 Å². The first-order valence-electron chi connectivity index (χ1n) is 5.43. The van der Waals surface area contributed by atoms with Gasteiger partial charge < -0.3 is 11.5 Å². The van der Waals surface area contributed by atoms with E-state index in [1.165, 1.54) is 0 Å². The van der Waals surface area contributed by atoms with Crippen LogP contribution in [0.1, 0.15) is 47.0 Å². The third kappa shape index (κ3) is 8.26. The highest BCUT2D eigenvalue weighted by Gasteiger charge is 2.11. The summed E-state index contributed by atoms with van der Waals surface area (Å²) in [6, 6.07) is 0.662. The maximum absolute atomic E-state index is 6.01. The highest BCUT2D eigenvalue weighted by molar-refractivity contribution is 4.69. The highest BCUT2D eigenvalue weighted by Crippen LogP contribution is 2.15. The fraction of sp³-hybridized carbons (Fsp3) is 1.00. The van der Waals surface area contributed by atoms with Gasteiger partial charge in [0.25, 0.3) is 0 Å². The van der Waals surface area contributed by atoms with E-state index in [4.69, 9.17) is 11.5 Å². The molecule has 0 fully saturated rings. The van der Waals surface area contributed by atoms with Gasteiger partial charge in [-0.15, -0.1) is 0 Å². The molecule has 2 nitrogen and oxygen atoms in total. The zero-order valence-corrected chi connectivity index (χ0v) is 9.59. The summed E-state index contributed by atoms with van der Waals surface area (Å²) in [7, 11) is 0. The SMILES string of the molecule is CC(C)C[C@@H](N)CC(C)CC(C)N. The molecule has 2 heteroatoms. The van der Waals surface area contributed by atoms with Crippen LogP contribution in [0.15, 0.2) is 0 Å². The zero-order valence-electron chi connectivity index (χ0n) is 9.59. The Hall–Kier alpha value is -0.0800. The Bertz CT molecular complexity index is 107. The number of hydrogen-bond donors (Lipinski definition) is 2. The average molecular weight is 186 g/mol. The molecule has 0 aliphatic heterocycles. The predicted octanol–water partition coefficient (Wildman–Crippen LogP) is 2.12. The van der Waals surface area contributed by atoms with Gasteiger partial charge in [-0.1, -0.05) is 20.8 Å². The second kappa shape index (κ2) is 6.39. The van der Waals surface area contributed by atoms with Gasteiger partial charge in [-0.3, -0.25) is 0 Å². The molecule has 0 aliphatic rings. The molecule has 0 rings (SSSR count). The molecule has 0 saturated carbocycles. The molecule has 2 unspecified atom stereocenters. The van der Waals surface area contributed by atoms with Crippen molar-refractivity contribution in [3.8, 4) is 0 Å². The molecule has 0 aromatic heterocycles. The lowest BCUT2D eigenvalue weighted by molar-refractivity contribution is 0.375. The van der Waals surface area contributed by atoms with Crippen LogP contribution in [0.5, 0.6) is 0 Å². The predicted molar refractivity (Wildman–Crippen MR) is 59.5 cm³/mol. The smallest absolute Gasteiger partial charge is 0.00438 e. The first-order chi connectivity index (χ1) is 5.91. The van der Waals surface area contributed by atoms with Gasteiger partial charge in [0.2, 0.25) is 0 Å². The zero-order chi connectivity index (χ0) is 10.4. The Labute approximate surface area is 83.1 Å². The second-order valence-corrected chi connectivity index (χ2v) is 4.94. The van der Waals surface area contributed by atoms with Gasteiger partial charge in [0.05, 0.1) is 0 Å². The molecule has 0 aromatic carbocycles. The summed E-state index contributed by atoms with van der Waals surface area (Å²) < 4.78 is 0. The fourth-order valence-electron chi connectivity index (χ4n) is 1.95.